The second-order valence-corrected chi connectivity index (χ2v) is 6.56. The summed E-state index contributed by atoms with van der Waals surface area (Å²) >= 11 is 0. The molecule has 0 unspecified atom stereocenters. The van der Waals surface area contributed by atoms with Crippen LogP contribution in [0, 0.1) is 6.92 Å². The Balaban J connectivity index is 1.56. The van der Waals surface area contributed by atoms with Crippen LogP contribution in [0.5, 0.6) is 0 Å². The van der Waals surface area contributed by atoms with E-state index in [1.54, 1.807) is 12.1 Å². The number of benzene rings is 1. The molecule has 0 saturated carbocycles. The molecule has 1 aromatic rings. The van der Waals surface area contributed by atoms with Crippen molar-refractivity contribution in [3.05, 3.63) is 35.4 Å². The summed E-state index contributed by atoms with van der Waals surface area (Å²) in [4.78, 5) is 34.8. The Kier molecular flexibility index (Phi) is 6.98. The van der Waals surface area contributed by atoms with E-state index in [1.807, 2.05) is 26.0 Å². The SMILES string of the molecule is Cc1ccc(C(=O)COC(=O)CCCCC[C@H]2NC(=O)N[C@@H]2C)cc1. The molecule has 1 heterocycles. The summed E-state index contributed by atoms with van der Waals surface area (Å²) in [6, 6.07) is 7.39. The highest BCUT2D eigenvalue weighted by Gasteiger charge is 2.26. The maximum atomic E-state index is 11.9. The number of aryl methyl sites for hydroxylation is 1. The zero-order chi connectivity index (χ0) is 18.2. The molecule has 0 bridgehead atoms. The van der Waals surface area contributed by atoms with Gasteiger partial charge in [-0.05, 0) is 26.7 Å². The van der Waals surface area contributed by atoms with Crippen LogP contribution in [0.25, 0.3) is 0 Å². The molecule has 6 nitrogen and oxygen atoms in total. The third-order valence-corrected chi connectivity index (χ3v) is 4.41. The summed E-state index contributed by atoms with van der Waals surface area (Å²) in [5.41, 5.74) is 1.63. The minimum Gasteiger partial charge on any atom is -0.457 e. The standard InChI is InChI=1S/C19H26N2O4/c1-13-8-10-15(11-9-13)17(22)12-25-18(23)7-5-3-4-6-16-14(2)20-19(24)21-16/h8-11,14,16H,3-7,12H2,1-2H3,(H2,20,21,24)/t14-,16-/m1/s1. The first-order valence-corrected chi connectivity index (χ1v) is 8.78. The van der Waals surface area contributed by atoms with E-state index in [-0.39, 0.29) is 36.5 Å². The van der Waals surface area contributed by atoms with Crippen molar-refractivity contribution in [3.8, 4) is 0 Å². The summed E-state index contributed by atoms with van der Waals surface area (Å²) in [6.45, 7) is 3.72. The molecule has 1 aliphatic heterocycles. The first-order chi connectivity index (χ1) is 12.0. The number of esters is 1. The number of Topliss-reactive ketones (excluding diaryl/α,β-unsaturated/α-hetero) is 1. The molecular weight excluding hydrogens is 320 g/mol. The van der Waals surface area contributed by atoms with Crippen molar-refractivity contribution < 1.29 is 19.1 Å². The van der Waals surface area contributed by atoms with Crippen molar-refractivity contribution in [1.82, 2.24) is 10.6 Å². The number of unbranched alkanes of at least 4 members (excludes halogenated alkanes) is 2. The van der Waals surface area contributed by atoms with Crippen LogP contribution in [0.2, 0.25) is 0 Å². The van der Waals surface area contributed by atoms with Gasteiger partial charge in [0, 0.05) is 18.0 Å². The van der Waals surface area contributed by atoms with E-state index in [9.17, 15) is 14.4 Å². The van der Waals surface area contributed by atoms with Gasteiger partial charge in [0.1, 0.15) is 0 Å². The molecule has 2 rings (SSSR count). The number of nitrogens with one attached hydrogen (secondary N) is 2. The third-order valence-electron chi connectivity index (χ3n) is 4.41. The summed E-state index contributed by atoms with van der Waals surface area (Å²) in [5, 5.41) is 5.69. The van der Waals surface area contributed by atoms with Gasteiger partial charge < -0.3 is 15.4 Å². The summed E-state index contributed by atoms with van der Waals surface area (Å²) in [7, 11) is 0. The van der Waals surface area contributed by atoms with E-state index in [4.69, 9.17) is 4.74 Å². The van der Waals surface area contributed by atoms with Gasteiger partial charge in [-0.2, -0.15) is 0 Å². The highest BCUT2D eigenvalue weighted by atomic mass is 16.5. The van der Waals surface area contributed by atoms with Gasteiger partial charge in [0.15, 0.2) is 12.4 Å². The predicted molar refractivity (Wildman–Crippen MR) is 94.5 cm³/mol. The Morgan fingerprint density at radius 2 is 1.80 bits per heavy atom. The first kappa shape index (κ1) is 19.0. The van der Waals surface area contributed by atoms with Crippen LogP contribution in [0.3, 0.4) is 0 Å². The average Bonchev–Trinajstić information content (AvgIpc) is 2.90. The van der Waals surface area contributed by atoms with Crippen molar-refractivity contribution in [2.24, 2.45) is 0 Å². The number of carbonyl (C=O) groups excluding carboxylic acids is 3. The fraction of sp³-hybridized carbons (Fsp3) is 0.526. The lowest BCUT2D eigenvalue weighted by Crippen LogP contribution is -2.30. The number of rotatable bonds is 9. The molecule has 1 saturated heterocycles. The predicted octanol–water partition coefficient (Wildman–Crippen LogP) is 2.74. The maximum absolute atomic E-state index is 11.9. The number of amides is 2. The Morgan fingerprint density at radius 1 is 1.08 bits per heavy atom. The molecule has 0 spiro atoms. The average molecular weight is 346 g/mol. The van der Waals surface area contributed by atoms with Gasteiger partial charge in [-0.15, -0.1) is 0 Å². The van der Waals surface area contributed by atoms with Crippen LogP contribution in [0.4, 0.5) is 4.79 Å². The van der Waals surface area contributed by atoms with Gasteiger partial charge in [-0.3, -0.25) is 9.59 Å². The lowest BCUT2D eigenvalue weighted by Gasteiger charge is -2.13. The fourth-order valence-corrected chi connectivity index (χ4v) is 2.82. The lowest BCUT2D eigenvalue weighted by atomic mass is 10.0. The van der Waals surface area contributed by atoms with Gasteiger partial charge in [0.25, 0.3) is 0 Å². The van der Waals surface area contributed by atoms with Crippen LogP contribution in [0.1, 0.15) is 54.9 Å². The second kappa shape index (κ2) is 9.20. The molecule has 0 aliphatic carbocycles. The Labute approximate surface area is 148 Å². The molecule has 0 aromatic heterocycles. The van der Waals surface area contributed by atoms with E-state index in [0.717, 1.165) is 31.2 Å². The monoisotopic (exact) mass is 346 g/mol. The van der Waals surface area contributed by atoms with Crippen LogP contribution in [0.15, 0.2) is 24.3 Å². The van der Waals surface area contributed by atoms with Crippen LogP contribution < -0.4 is 10.6 Å². The Bertz CT molecular complexity index is 612. The van der Waals surface area contributed by atoms with E-state index < -0.39 is 0 Å². The van der Waals surface area contributed by atoms with E-state index in [1.165, 1.54) is 0 Å². The number of carbonyl (C=O) groups is 3. The molecule has 2 amide bonds. The van der Waals surface area contributed by atoms with Crippen LogP contribution in [-0.2, 0) is 9.53 Å². The smallest absolute Gasteiger partial charge is 0.315 e. The van der Waals surface area contributed by atoms with Gasteiger partial charge in [-0.25, -0.2) is 4.79 Å². The van der Waals surface area contributed by atoms with E-state index >= 15 is 0 Å². The summed E-state index contributed by atoms with van der Waals surface area (Å²) in [5.74, 6) is -0.531. The third kappa shape index (κ3) is 6.21. The van der Waals surface area contributed by atoms with Crippen LogP contribution in [-0.4, -0.2) is 36.5 Å². The van der Waals surface area contributed by atoms with E-state index in [2.05, 4.69) is 10.6 Å². The van der Waals surface area contributed by atoms with Gasteiger partial charge in [0.05, 0.1) is 6.04 Å². The first-order valence-electron chi connectivity index (χ1n) is 8.78. The van der Waals surface area contributed by atoms with E-state index in [0.29, 0.717) is 12.0 Å². The van der Waals surface area contributed by atoms with Crippen molar-refractivity contribution in [2.45, 2.75) is 58.0 Å². The molecule has 6 heteroatoms. The molecule has 136 valence electrons. The molecular formula is C19H26N2O4. The topological polar surface area (TPSA) is 84.5 Å². The van der Waals surface area contributed by atoms with Crippen LogP contribution >= 0.6 is 0 Å². The fourth-order valence-electron chi connectivity index (χ4n) is 2.82. The molecule has 1 fully saturated rings. The minimum absolute atomic E-state index is 0.112. The van der Waals surface area contributed by atoms with Gasteiger partial charge >= 0.3 is 12.0 Å². The highest BCUT2D eigenvalue weighted by molar-refractivity contribution is 5.97. The van der Waals surface area contributed by atoms with Crippen molar-refractivity contribution in [1.29, 1.82) is 0 Å². The number of hydrogen-bond donors (Lipinski definition) is 2. The summed E-state index contributed by atoms with van der Waals surface area (Å²) in [6.07, 6.45) is 3.75. The molecule has 2 N–H and O–H groups in total. The molecule has 25 heavy (non-hydrogen) atoms. The zero-order valence-corrected chi connectivity index (χ0v) is 14.8. The number of urea groups is 1. The Hall–Kier alpha value is -2.37. The van der Waals surface area contributed by atoms with Crippen molar-refractivity contribution >= 4 is 17.8 Å². The number of hydrogen-bond acceptors (Lipinski definition) is 4. The highest BCUT2D eigenvalue weighted by Crippen LogP contribution is 2.12. The van der Waals surface area contributed by atoms with Gasteiger partial charge in [0.2, 0.25) is 0 Å². The zero-order valence-electron chi connectivity index (χ0n) is 14.8. The minimum atomic E-state index is -0.343. The summed E-state index contributed by atoms with van der Waals surface area (Å²) < 4.78 is 5.04. The number of ether oxygens (including phenoxy) is 1. The molecule has 2 atom stereocenters. The number of ketones is 1. The normalized spacial score (nSPS) is 19.2. The second-order valence-electron chi connectivity index (χ2n) is 6.56. The molecule has 1 aliphatic rings. The molecule has 0 radical (unpaired) electrons. The quantitative estimate of drug-likeness (QED) is 0.409. The maximum Gasteiger partial charge on any atom is 0.315 e. The van der Waals surface area contributed by atoms with Crippen molar-refractivity contribution in [2.75, 3.05) is 6.61 Å². The van der Waals surface area contributed by atoms with Gasteiger partial charge in [-0.1, -0.05) is 42.7 Å². The van der Waals surface area contributed by atoms with Crippen molar-refractivity contribution in [3.63, 3.8) is 0 Å². The lowest BCUT2D eigenvalue weighted by molar-refractivity contribution is -0.142. The Morgan fingerprint density at radius 3 is 2.44 bits per heavy atom. The molecule has 1 aromatic carbocycles. The largest absolute Gasteiger partial charge is 0.457 e.